The molecule has 0 spiro atoms. The Morgan fingerprint density at radius 3 is 2.75 bits per heavy atom. The van der Waals surface area contributed by atoms with Crippen LogP contribution in [0.15, 0.2) is 34.9 Å². The number of carbonyl (C=O) groups excluding carboxylic acids is 1. The third-order valence-electron chi connectivity index (χ3n) is 2.44. The summed E-state index contributed by atoms with van der Waals surface area (Å²) in [6.07, 6.45) is 1.59. The normalized spacial score (nSPS) is 10.3. The van der Waals surface area contributed by atoms with Gasteiger partial charge in [-0.15, -0.1) is 11.6 Å². The van der Waals surface area contributed by atoms with Gasteiger partial charge in [0, 0.05) is 12.0 Å². The van der Waals surface area contributed by atoms with E-state index < -0.39 is 0 Å². The highest BCUT2D eigenvalue weighted by Gasteiger charge is 2.10. The van der Waals surface area contributed by atoms with Gasteiger partial charge >= 0.3 is 5.97 Å². The summed E-state index contributed by atoms with van der Waals surface area (Å²) in [5, 5.41) is 0. The van der Waals surface area contributed by atoms with Crippen LogP contribution in [0, 0.1) is 0 Å². The zero-order valence-corrected chi connectivity index (χ0v) is 11.7. The van der Waals surface area contributed by atoms with E-state index in [-0.39, 0.29) is 18.3 Å². The number of oxazole rings is 1. The molecule has 0 fully saturated rings. The summed E-state index contributed by atoms with van der Waals surface area (Å²) < 4.78 is 15.6. The van der Waals surface area contributed by atoms with Gasteiger partial charge in [0.2, 0.25) is 5.89 Å². The second kappa shape index (κ2) is 6.96. The molecule has 1 aromatic heterocycles. The van der Waals surface area contributed by atoms with Crippen molar-refractivity contribution >= 4 is 17.6 Å². The van der Waals surface area contributed by atoms with Crippen molar-refractivity contribution in [3.8, 4) is 23.1 Å². The zero-order chi connectivity index (χ0) is 14.4. The molecule has 5 nitrogen and oxygen atoms in total. The molecular formula is C14H14ClNO4. The molecule has 2 rings (SSSR count). The number of benzene rings is 1. The Labute approximate surface area is 121 Å². The van der Waals surface area contributed by atoms with Gasteiger partial charge in [0.05, 0.1) is 5.88 Å². The van der Waals surface area contributed by atoms with Crippen LogP contribution in [0.2, 0.25) is 0 Å². The Kier molecular flexibility index (Phi) is 5.01. The molecule has 0 N–H and O–H groups in total. The lowest BCUT2D eigenvalue weighted by Crippen LogP contribution is -2.05. The zero-order valence-electron chi connectivity index (χ0n) is 11.0. The number of hydrogen-bond donors (Lipinski definition) is 0. The first-order valence-electron chi connectivity index (χ1n) is 6.18. The number of rotatable bonds is 6. The number of hydrogen-bond acceptors (Lipinski definition) is 5. The summed E-state index contributed by atoms with van der Waals surface area (Å²) in [4.78, 5) is 15.2. The SMILES string of the molecule is CCC(=O)Oc1coc(-c2ccc(OCCCl)cc2)n1. The summed E-state index contributed by atoms with van der Waals surface area (Å²) >= 11 is 5.54. The van der Waals surface area contributed by atoms with E-state index >= 15 is 0 Å². The van der Waals surface area contributed by atoms with Gasteiger partial charge in [-0.2, -0.15) is 4.98 Å². The number of aromatic nitrogens is 1. The molecule has 20 heavy (non-hydrogen) atoms. The molecule has 0 unspecified atom stereocenters. The molecule has 6 heteroatoms. The molecular weight excluding hydrogens is 282 g/mol. The third kappa shape index (κ3) is 3.74. The smallest absolute Gasteiger partial charge is 0.312 e. The molecule has 1 heterocycles. The fourth-order valence-corrected chi connectivity index (χ4v) is 1.55. The van der Waals surface area contributed by atoms with Gasteiger partial charge in [-0.05, 0) is 24.3 Å². The average molecular weight is 296 g/mol. The molecule has 2 aromatic rings. The molecule has 0 aliphatic heterocycles. The van der Waals surface area contributed by atoms with Gasteiger partial charge in [0.25, 0.3) is 5.88 Å². The predicted octanol–water partition coefficient (Wildman–Crippen LogP) is 3.27. The van der Waals surface area contributed by atoms with Gasteiger partial charge < -0.3 is 13.9 Å². The summed E-state index contributed by atoms with van der Waals surface area (Å²) in [6, 6.07) is 7.20. The first-order valence-corrected chi connectivity index (χ1v) is 6.71. The van der Waals surface area contributed by atoms with Crippen molar-refractivity contribution in [2.45, 2.75) is 13.3 Å². The minimum Gasteiger partial charge on any atom is -0.492 e. The van der Waals surface area contributed by atoms with Crippen molar-refractivity contribution in [2.24, 2.45) is 0 Å². The number of nitrogens with zero attached hydrogens (tertiary/aromatic N) is 1. The van der Waals surface area contributed by atoms with E-state index in [1.807, 2.05) is 0 Å². The topological polar surface area (TPSA) is 61.6 Å². The standard InChI is InChI=1S/C14H14ClNO4/c1-2-13(17)20-12-9-19-14(16-12)10-3-5-11(6-4-10)18-8-7-15/h3-6,9H,2,7-8H2,1H3. The summed E-state index contributed by atoms with van der Waals surface area (Å²) in [5.41, 5.74) is 0.766. The van der Waals surface area contributed by atoms with Crippen molar-refractivity contribution < 1.29 is 18.7 Å². The third-order valence-corrected chi connectivity index (χ3v) is 2.59. The lowest BCUT2D eigenvalue weighted by atomic mass is 10.2. The van der Waals surface area contributed by atoms with Crippen molar-refractivity contribution in [3.05, 3.63) is 30.5 Å². The van der Waals surface area contributed by atoms with Crippen LogP contribution in [0.1, 0.15) is 13.3 Å². The quantitative estimate of drug-likeness (QED) is 0.604. The number of halogens is 1. The second-order valence-corrected chi connectivity index (χ2v) is 4.26. The maximum Gasteiger partial charge on any atom is 0.312 e. The Bertz CT molecular complexity index is 565. The van der Waals surface area contributed by atoms with E-state index in [0.29, 0.717) is 18.4 Å². The van der Waals surface area contributed by atoms with Crippen LogP contribution >= 0.6 is 11.6 Å². The van der Waals surface area contributed by atoms with E-state index in [2.05, 4.69) is 4.98 Å². The summed E-state index contributed by atoms with van der Waals surface area (Å²) in [6.45, 7) is 2.17. The molecule has 106 valence electrons. The fourth-order valence-electron chi connectivity index (χ4n) is 1.48. The highest BCUT2D eigenvalue weighted by molar-refractivity contribution is 6.18. The maximum absolute atomic E-state index is 11.1. The van der Waals surface area contributed by atoms with Crippen LogP contribution in [-0.4, -0.2) is 23.4 Å². The Morgan fingerprint density at radius 2 is 2.10 bits per heavy atom. The minimum absolute atomic E-state index is 0.161. The van der Waals surface area contributed by atoms with Crippen LogP contribution < -0.4 is 9.47 Å². The van der Waals surface area contributed by atoms with Crippen LogP contribution in [-0.2, 0) is 4.79 Å². The van der Waals surface area contributed by atoms with Crippen LogP contribution in [0.25, 0.3) is 11.5 Å². The maximum atomic E-state index is 11.1. The summed E-state index contributed by atoms with van der Waals surface area (Å²) in [5.74, 6) is 1.35. The molecule has 0 saturated carbocycles. The molecule has 0 aliphatic carbocycles. The fraction of sp³-hybridized carbons (Fsp3) is 0.286. The van der Waals surface area contributed by atoms with E-state index in [1.165, 1.54) is 6.26 Å². The Balaban J connectivity index is 2.06. The van der Waals surface area contributed by atoms with E-state index in [9.17, 15) is 4.79 Å². The monoisotopic (exact) mass is 295 g/mol. The van der Waals surface area contributed by atoms with E-state index in [1.54, 1.807) is 31.2 Å². The van der Waals surface area contributed by atoms with Gasteiger partial charge in [-0.1, -0.05) is 6.92 Å². The highest BCUT2D eigenvalue weighted by atomic mass is 35.5. The number of esters is 1. The molecule has 0 radical (unpaired) electrons. The molecule has 0 atom stereocenters. The first-order chi connectivity index (χ1) is 9.72. The van der Waals surface area contributed by atoms with Crippen LogP contribution in [0.4, 0.5) is 0 Å². The number of alkyl halides is 1. The van der Waals surface area contributed by atoms with Gasteiger partial charge in [0.1, 0.15) is 12.4 Å². The predicted molar refractivity (Wildman–Crippen MR) is 74.1 cm³/mol. The van der Waals surface area contributed by atoms with Crippen molar-refractivity contribution in [1.82, 2.24) is 4.98 Å². The highest BCUT2D eigenvalue weighted by Crippen LogP contribution is 2.24. The molecule has 0 amide bonds. The largest absolute Gasteiger partial charge is 0.492 e. The Morgan fingerprint density at radius 1 is 1.35 bits per heavy atom. The van der Waals surface area contributed by atoms with Gasteiger partial charge in [0.15, 0.2) is 6.26 Å². The lowest BCUT2D eigenvalue weighted by Gasteiger charge is -2.03. The van der Waals surface area contributed by atoms with Crippen molar-refractivity contribution in [3.63, 3.8) is 0 Å². The van der Waals surface area contributed by atoms with Crippen molar-refractivity contribution in [1.29, 1.82) is 0 Å². The van der Waals surface area contributed by atoms with E-state index in [0.717, 1.165) is 11.3 Å². The van der Waals surface area contributed by atoms with Gasteiger partial charge in [-0.25, -0.2) is 0 Å². The lowest BCUT2D eigenvalue weighted by molar-refractivity contribution is -0.134. The summed E-state index contributed by atoms with van der Waals surface area (Å²) in [7, 11) is 0. The first kappa shape index (κ1) is 14.4. The molecule has 0 bridgehead atoms. The number of carbonyl (C=O) groups is 1. The van der Waals surface area contributed by atoms with Crippen molar-refractivity contribution in [2.75, 3.05) is 12.5 Å². The van der Waals surface area contributed by atoms with Crippen LogP contribution in [0.5, 0.6) is 11.6 Å². The number of ether oxygens (including phenoxy) is 2. The molecule has 0 saturated heterocycles. The van der Waals surface area contributed by atoms with Gasteiger partial charge in [-0.3, -0.25) is 4.79 Å². The molecule has 0 aliphatic rings. The second-order valence-electron chi connectivity index (χ2n) is 3.88. The average Bonchev–Trinajstić information content (AvgIpc) is 2.94. The Hall–Kier alpha value is -2.01. The minimum atomic E-state index is -0.352. The molecule has 1 aromatic carbocycles. The van der Waals surface area contributed by atoms with E-state index in [4.69, 9.17) is 25.5 Å². The van der Waals surface area contributed by atoms with Crippen LogP contribution in [0.3, 0.4) is 0 Å².